The van der Waals surface area contributed by atoms with Gasteiger partial charge >= 0.3 is 0 Å². The topological polar surface area (TPSA) is 45.2 Å². The number of amides is 1. The third kappa shape index (κ3) is 2.19. The molecule has 1 aliphatic heterocycles. The molecule has 2 aliphatic rings. The molecule has 1 saturated heterocycles. The minimum Gasteiger partial charge on any atom is -0.309 e. The summed E-state index contributed by atoms with van der Waals surface area (Å²) in [4.78, 5) is 19.2. The third-order valence-electron chi connectivity index (χ3n) is 4.63. The highest BCUT2D eigenvalue weighted by molar-refractivity contribution is 7.13. The van der Waals surface area contributed by atoms with Crippen LogP contribution in [0.15, 0.2) is 11.6 Å². The molecule has 1 aromatic rings. The smallest absolute Gasteiger partial charge is 0.246 e. The van der Waals surface area contributed by atoms with Gasteiger partial charge in [0.1, 0.15) is 0 Å². The number of fused-ring (bicyclic) bond motifs is 1. The van der Waals surface area contributed by atoms with Crippen LogP contribution in [0.2, 0.25) is 0 Å². The average molecular weight is 279 g/mol. The largest absolute Gasteiger partial charge is 0.309 e. The van der Waals surface area contributed by atoms with Gasteiger partial charge in [-0.3, -0.25) is 9.69 Å². The first-order chi connectivity index (χ1) is 9.22. The van der Waals surface area contributed by atoms with Crippen molar-refractivity contribution in [1.29, 1.82) is 0 Å². The Labute approximate surface area is 118 Å². The molecule has 0 aromatic carbocycles. The summed E-state index contributed by atoms with van der Waals surface area (Å²) in [6, 6.07) is 0.286. The Balaban J connectivity index is 1.99. The molecule has 2 heterocycles. The van der Waals surface area contributed by atoms with Crippen LogP contribution in [-0.2, 0) is 4.79 Å². The van der Waals surface area contributed by atoms with Gasteiger partial charge in [0.15, 0.2) is 5.13 Å². The molecule has 1 N–H and O–H groups in total. The van der Waals surface area contributed by atoms with Crippen LogP contribution in [0.4, 0.5) is 5.13 Å². The molecule has 5 heteroatoms. The maximum absolute atomic E-state index is 12.9. The number of nitrogens with zero attached hydrogens (tertiary/aromatic N) is 2. The van der Waals surface area contributed by atoms with Gasteiger partial charge in [-0.15, -0.1) is 11.3 Å². The molecule has 4 atom stereocenters. The molecule has 1 aliphatic carbocycles. The first kappa shape index (κ1) is 13.1. The lowest BCUT2D eigenvalue weighted by Gasteiger charge is -2.29. The Morgan fingerprint density at radius 1 is 1.47 bits per heavy atom. The maximum atomic E-state index is 12.9. The number of hydrogen-bond acceptors (Lipinski definition) is 4. The minimum atomic E-state index is -0.0745. The molecule has 1 aromatic heterocycles. The van der Waals surface area contributed by atoms with E-state index in [-0.39, 0.29) is 11.9 Å². The van der Waals surface area contributed by atoms with Crippen molar-refractivity contribution in [1.82, 2.24) is 10.3 Å². The number of anilines is 1. The van der Waals surface area contributed by atoms with Crippen molar-refractivity contribution in [3.8, 4) is 0 Å². The number of carbonyl (C=O) groups is 1. The fraction of sp³-hybridized carbons (Fsp3) is 0.714. The highest BCUT2D eigenvalue weighted by atomic mass is 32.1. The highest BCUT2D eigenvalue weighted by Gasteiger charge is 2.44. The molecule has 3 rings (SSSR count). The van der Waals surface area contributed by atoms with E-state index in [0.29, 0.717) is 17.9 Å². The number of likely N-dealkylation sites (N-methyl/N-ethyl adjacent to an activating group) is 1. The lowest BCUT2D eigenvalue weighted by Crippen LogP contribution is -2.50. The van der Waals surface area contributed by atoms with Crippen molar-refractivity contribution < 1.29 is 4.79 Å². The molecule has 1 saturated carbocycles. The highest BCUT2D eigenvalue weighted by Crippen LogP contribution is 2.40. The summed E-state index contributed by atoms with van der Waals surface area (Å²) in [5, 5.41) is 6.04. The molecule has 4 nitrogen and oxygen atoms in total. The van der Waals surface area contributed by atoms with E-state index in [1.165, 1.54) is 12.8 Å². The van der Waals surface area contributed by atoms with Crippen molar-refractivity contribution in [2.75, 3.05) is 11.9 Å². The predicted octanol–water partition coefficient (Wildman–Crippen LogP) is 2.27. The van der Waals surface area contributed by atoms with Gasteiger partial charge in [-0.2, -0.15) is 0 Å². The summed E-state index contributed by atoms with van der Waals surface area (Å²) in [6.45, 7) is 2.19. The zero-order valence-corrected chi connectivity index (χ0v) is 12.3. The number of rotatable bonds is 2. The van der Waals surface area contributed by atoms with Gasteiger partial charge in [0.25, 0.3) is 0 Å². The quantitative estimate of drug-likeness (QED) is 0.903. The van der Waals surface area contributed by atoms with Crippen molar-refractivity contribution in [2.24, 2.45) is 11.8 Å². The van der Waals surface area contributed by atoms with E-state index in [2.05, 4.69) is 17.2 Å². The van der Waals surface area contributed by atoms with Gasteiger partial charge in [0.05, 0.1) is 6.04 Å². The van der Waals surface area contributed by atoms with E-state index in [9.17, 15) is 4.79 Å². The van der Waals surface area contributed by atoms with Crippen LogP contribution >= 0.6 is 11.3 Å². The van der Waals surface area contributed by atoms with Crippen LogP contribution in [0.5, 0.6) is 0 Å². The molecule has 4 unspecified atom stereocenters. The van der Waals surface area contributed by atoms with Crippen LogP contribution in [0, 0.1) is 11.8 Å². The molecule has 19 heavy (non-hydrogen) atoms. The maximum Gasteiger partial charge on any atom is 0.246 e. The van der Waals surface area contributed by atoms with Gasteiger partial charge in [0.2, 0.25) is 5.91 Å². The molecule has 104 valence electrons. The van der Waals surface area contributed by atoms with Crippen LogP contribution in [0.1, 0.15) is 32.6 Å². The predicted molar refractivity (Wildman–Crippen MR) is 77.4 cm³/mol. The van der Waals surface area contributed by atoms with Crippen LogP contribution in [0.25, 0.3) is 0 Å². The summed E-state index contributed by atoms with van der Waals surface area (Å²) in [5.41, 5.74) is 0. The van der Waals surface area contributed by atoms with E-state index < -0.39 is 0 Å². The molecule has 1 amide bonds. The Bertz CT molecular complexity index is 448. The monoisotopic (exact) mass is 279 g/mol. The van der Waals surface area contributed by atoms with Gasteiger partial charge in [0, 0.05) is 17.6 Å². The van der Waals surface area contributed by atoms with Crippen LogP contribution < -0.4 is 10.2 Å². The average Bonchev–Trinajstić information content (AvgIpc) is 3.02. The van der Waals surface area contributed by atoms with E-state index in [1.807, 2.05) is 17.3 Å². The molecule has 0 spiro atoms. The Kier molecular flexibility index (Phi) is 3.58. The molecule has 0 radical (unpaired) electrons. The summed E-state index contributed by atoms with van der Waals surface area (Å²) < 4.78 is 0. The molecule has 0 bridgehead atoms. The number of hydrogen-bond donors (Lipinski definition) is 1. The molecular weight excluding hydrogens is 258 g/mol. The third-order valence-corrected chi connectivity index (χ3v) is 5.40. The van der Waals surface area contributed by atoms with Gasteiger partial charge in [-0.1, -0.05) is 13.3 Å². The summed E-state index contributed by atoms with van der Waals surface area (Å²) >= 11 is 1.57. The lowest BCUT2D eigenvalue weighted by atomic mass is 9.90. The normalized spacial score (nSPS) is 35.3. The number of thiazole rings is 1. The summed E-state index contributed by atoms with van der Waals surface area (Å²) in [7, 11) is 1.89. The minimum absolute atomic E-state index is 0.0745. The van der Waals surface area contributed by atoms with Gasteiger partial charge in [-0.05, 0) is 38.1 Å². The zero-order valence-electron chi connectivity index (χ0n) is 11.5. The fourth-order valence-corrected chi connectivity index (χ4v) is 4.49. The molecule has 2 fully saturated rings. The van der Waals surface area contributed by atoms with Crippen molar-refractivity contribution in [2.45, 2.75) is 44.7 Å². The number of carbonyl (C=O) groups excluding carboxylic acids is 1. The fourth-order valence-electron chi connectivity index (χ4n) is 3.78. The van der Waals surface area contributed by atoms with E-state index in [0.717, 1.165) is 18.0 Å². The first-order valence-corrected chi connectivity index (χ1v) is 8.00. The standard InChI is InChI=1S/C14H21N3OS/c1-9-8-10-4-3-5-11(10)17(13(18)12(9)15-2)14-16-6-7-19-14/h6-7,9-12,15H,3-5,8H2,1-2H3. The van der Waals surface area contributed by atoms with E-state index in [1.54, 1.807) is 17.5 Å². The van der Waals surface area contributed by atoms with E-state index >= 15 is 0 Å². The second kappa shape index (κ2) is 5.21. The van der Waals surface area contributed by atoms with Crippen LogP contribution in [-0.4, -0.2) is 30.0 Å². The summed E-state index contributed by atoms with van der Waals surface area (Å²) in [5.74, 6) is 1.24. The second-order valence-electron chi connectivity index (χ2n) is 5.76. The van der Waals surface area contributed by atoms with Gasteiger partial charge < -0.3 is 5.32 Å². The van der Waals surface area contributed by atoms with E-state index in [4.69, 9.17) is 0 Å². The lowest BCUT2D eigenvalue weighted by molar-refractivity contribution is -0.121. The Morgan fingerprint density at radius 2 is 2.32 bits per heavy atom. The van der Waals surface area contributed by atoms with Crippen molar-refractivity contribution >= 4 is 22.4 Å². The molecular formula is C14H21N3OS. The van der Waals surface area contributed by atoms with Gasteiger partial charge in [-0.25, -0.2) is 4.98 Å². The SMILES string of the molecule is CNC1C(=O)N(c2nccs2)C2CCCC2CC1C. The zero-order chi connectivity index (χ0) is 13.4. The van der Waals surface area contributed by atoms with Crippen LogP contribution in [0.3, 0.4) is 0 Å². The Hall–Kier alpha value is -0.940. The van der Waals surface area contributed by atoms with Crippen molar-refractivity contribution in [3.63, 3.8) is 0 Å². The number of aromatic nitrogens is 1. The number of nitrogens with one attached hydrogen (secondary N) is 1. The first-order valence-electron chi connectivity index (χ1n) is 7.12. The van der Waals surface area contributed by atoms with Crippen molar-refractivity contribution in [3.05, 3.63) is 11.6 Å². The summed E-state index contributed by atoms with van der Waals surface area (Å²) in [6.07, 6.45) is 6.55. The Morgan fingerprint density at radius 3 is 3.00 bits per heavy atom. The second-order valence-corrected chi connectivity index (χ2v) is 6.63.